The maximum absolute atomic E-state index is 11.9. The smallest absolute Gasteiger partial charge is 0.223 e. The highest BCUT2D eigenvalue weighted by atomic mass is 16.6. The average molecular weight is 289 g/mol. The van der Waals surface area contributed by atoms with E-state index in [0.717, 1.165) is 0 Å². The predicted molar refractivity (Wildman–Crippen MR) is 68.4 cm³/mol. The molecule has 0 aromatic heterocycles. The molecule has 0 aliphatic carbocycles. The molecule has 5 atom stereocenters. The fourth-order valence-corrected chi connectivity index (χ4v) is 2.71. The van der Waals surface area contributed by atoms with Gasteiger partial charge in [-0.15, -0.1) is 0 Å². The monoisotopic (exact) mass is 289 g/mol. The van der Waals surface area contributed by atoms with Gasteiger partial charge in [0.2, 0.25) is 11.7 Å². The van der Waals surface area contributed by atoms with Crippen molar-refractivity contribution in [2.45, 2.75) is 44.4 Å². The molecule has 2 aliphatic heterocycles. The van der Waals surface area contributed by atoms with Gasteiger partial charge in [-0.25, -0.2) is 0 Å². The Hall–Kier alpha value is -0.730. The zero-order valence-corrected chi connectivity index (χ0v) is 11.8. The van der Waals surface area contributed by atoms with Gasteiger partial charge in [0.15, 0.2) is 0 Å². The molecule has 1 amide bonds. The van der Waals surface area contributed by atoms with Crippen LogP contribution in [0, 0.1) is 11.8 Å². The van der Waals surface area contributed by atoms with Gasteiger partial charge in [0.05, 0.1) is 13.2 Å². The number of carbonyl (C=O) groups excluding carboxylic acids is 1. The molecule has 0 saturated carbocycles. The molecule has 116 valence electrons. The highest BCUT2D eigenvalue weighted by molar-refractivity contribution is 5.78. The molecular formula is C13H23NO6. The maximum Gasteiger partial charge on any atom is 0.223 e. The Bertz CT molecular complexity index is 376. The minimum Gasteiger partial charge on any atom is -0.388 e. The summed E-state index contributed by atoms with van der Waals surface area (Å²) in [7, 11) is 0. The van der Waals surface area contributed by atoms with Gasteiger partial charge < -0.3 is 30.1 Å². The van der Waals surface area contributed by atoms with Crippen LogP contribution in [0.25, 0.3) is 0 Å². The Kier molecular flexibility index (Phi) is 4.36. The second kappa shape index (κ2) is 5.57. The van der Waals surface area contributed by atoms with Gasteiger partial charge in [-0.2, -0.15) is 0 Å². The van der Waals surface area contributed by atoms with Gasteiger partial charge in [0.1, 0.15) is 18.3 Å². The Labute approximate surface area is 117 Å². The van der Waals surface area contributed by atoms with Crippen molar-refractivity contribution in [3.63, 3.8) is 0 Å². The topological polar surface area (TPSA) is 110 Å². The number of carbonyl (C=O) groups is 1. The summed E-state index contributed by atoms with van der Waals surface area (Å²) < 4.78 is 5.07. The van der Waals surface area contributed by atoms with Crippen molar-refractivity contribution in [2.24, 2.45) is 11.8 Å². The molecule has 20 heavy (non-hydrogen) atoms. The van der Waals surface area contributed by atoms with E-state index >= 15 is 0 Å². The first-order valence-corrected chi connectivity index (χ1v) is 6.93. The van der Waals surface area contributed by atoms with E-state index in [0.29, 0.717) is 18.9 Å². The summed E-state index contributed by atoms with van der Waals surface area (Å²) in [6, 6.07) is 0. The van der Waals surface area contributed by atoms with E-state index in [-0.39, 0.29) is 25.0 Å². The van der Waals surface area contributed by atoms with Gasteiger partial charge >= 0.3 is 0 Å². The van der Waals surface area contributed by atoms with Crippen LogP contribution in [0.1, 0.15) is 20.3 Å². The van der Waals surface area contributed by atoms with Crippen molar-refractivity contribution >= 4 is 5.91 Å². The Balaban J connectivity index is 2.04. The number of hydrogen-bond acceptors (Lipinski definition) is 6. The van der Waals surface area contributed by atoms with Gasteiger partial charge in [0, 0.05) is 13.0 Å². The first kappa shape index (κ1) is 15.7. The highest BCUT2D eigenvalue weighted by Gasteiger charge is 2.50. The van der Waals surface area contributed by atoms with E-state index in [9.17, 15) is 25.2 Å². The first-order chi connectivity index (χ1) is 9.24. The number of ether oxygens (including phenoxy) is 1. The van der Waals surface area contributed by atoms with E-state index in [1.165, 1.54) is 4.90 Å². The number of nitrogens with zero attached hydrogens (tertiary/aromatic N) is 1. The molecule has 2 saturated heterocycles. The van der Waals surface area contributed by atoms with Crippen molar-refractivity contribution in [3.05, 3.63) is 0 Å². The molecule has 2 heterocycles. The zero-order valence-electron chi connectivity index (χ0n) is 11.8. The second-order valence-corrected chi connectivity index (χ2v) is 6.14. The minimum atomic E-state index is -2.04. The summed E-state index contributed by atoms with van der Waals surface area (Å²) in [4.78, 5) is 13.4. The lowest BCUT2D eigenvalue weighted by atomic mass is 9.95. The molecule has 7 nitrogen and oxygen atoms in total. The standard InChI is InChI=1S/C13H23NO6/c1-7(2)8-3-10(16)14(4-8)6-13(19)12(18)11(17)9(15)5-20-13/h7-9,11-12,15,17-19H,3-6H2,1-2H3/t8-,9+,11+,12-,13-/m0/s1. The molecule has 7 heteroatoms. The van der Waals surface area contributed by atoms with Crippen LogP contribution in [-0.2, 0) is 9.53 Å². The molecular weight excluding hydrogens is 266 g/mol. The van der Waals surface area contributed by atoms with E-state index in [1.807, 2.05) is 13.8 Å². The van der Waals surface area contributed by atoms with Gasteiger partial charge in [-0.3, -0.25) is 4.79 Å². The fraction of sp³-hybridized carbons (Fsp3) is 0.923. The number of aliphatic hydroxyl groups excluding tert-OH is 3. The van der Waals surface area contributed by atoms with Crippen LogP contribution in [0.15, 0.2) is 0 Å². The van der Waals surface area contributed by atoms with Crippen LogP contribution < -0.4 is 0 Å². The maximum atomic E-state index is 11.9. The number of aliphatic hydroxyl groups is 4. The molecule has 2 aliphatic rings. The summed E-state index contributed by atoms with van der Waals surface area (Å²) in [5, 5.41) is 39.2. The Morgan fingerprint density at radius 1 is 1.40 bits per heavy atom. The van der Waals surface area contributed by atoms with E-state index in [2.05, 4.69) is 0 Å². The number of likely N-dealkylation sites (tertiary alicyclic amines) is 1. The van der Waals surface area contributed by atoms with E-state index in [4.69, 9.17) is 4.74 Å². The number of amides is 1. The van der Waals surface area contributed by atoms with Crippen molar-refractivity contribution in [1.29, 1.82) is 0 Å². The number of rotatable bonds is 3. The summed E-state index contributed by atoms with van der Waals surface area (Å²) in [6.07, 6.45) is -3.98. The highest BCUT2D eigenvalue weighted by Crippen LogP contribution is 2.30. The third-order valence-corrected chi connectivity index (χ3v) is 4.29. The molecule has 4 N–H and O–H groups in total. The van der Waals surface area contributed by atoms with Gasteiger partial charge in [-0.1, -0.05) is 13.8 Å². The third-order valence-electron chi connectivity index (χ3n) is 4.29. The predicted octanol–water partition coefficient (Wildman–Crippen LogP) is -1.71. The lowest BCUT2D eigenvalue weighted by Gasteiger charge is -2.43. The first-order valence-electron chi connectivity index (χ1n) is 6.93. The molecule has 2 fully saturated rings. The van der Waals surface area contributed by atoms with Crippen molar-refractivity contribution in [2.75, 3.05) is 19.7 Å². The molecule has 0 spiro atoms. The fourth-order valence-electron chi connectivity index (χ4n) is 2.71. The average Bonchev–Trinajstić information content (AvgIpc) is 2.74. The zero-order chi connectivity index (χ0) is 15.1. The normalized spacial score (nSPS) is 42.5. The van der Waals surface area contributed by atoms with E-state index < -0.39 is 24.1 Å². The quantitative estimate of drug-likeness (QED) is 0.492. The van der Waals surface area contributed by atoms with Crippen LogP contribution in [0.3, 0.4) is 0 Å². The van der Waals surface area contributed by atoms with Crippen LogP contribution >= 0.6 is 0 Å². The lowest BCUT2D eigenvalue weighted by molar-refractivity contribution is -0.323. The summed E-state index contributed by atoms with van der Waals surface area (Å²) in [5.41, 5.74) is 0. The molecule has 0 aromatic rings. The van der Waals surface area contributed by atoms with Crippen molar-refractivity contribution in [3.8, 4) is 0 Å². The molecule has 2 rings (SSSR count). The van der Waals surface area contributed by atoms with Crippen LogP contribution in [0.4, 0.5) is 0 Å². The van der Waals surface area contributed by atoms with E-state index in [1.54, 1.807) is 0 Å². The Morgan fingerprint density at radius 2 is 2.05 bits per heavy atom. The molecule has 0 radical (unpaired) electrons. The van der Waals surface area contributed by atoms with Crippen molar-refractivity contribution in [1.82, 2.24) is 4.90 Å². The summed E-state index contributed by atoms with van der Waals surface area (Å²) >= 11 is 0. The molecule has 0 bridgehead atoms. The van der Waals surface area contributed by atoms with Crippen LogP contribution in [0.5, 0.6) is 0 Å². The van der Waals surface area contributed by atoms with Crippen LogP contribution in [-0.4, -0.2) is 75.0 Å². The van der Waals surface area contributed by atoms with Crippen LogP contribution in [0.2, 0.25) is 0 Å². The summed E-state index contributed by atoms with van der Waals surface area (Å²) in [6.45, 7) is 4.06. The van der Waals surface area contributed by atoms with Gasteiger partial charge in [0.25, 0.3) is 0 Å². The molecule has 0 unspecified atom stereocenters. The summed E-state index contributed by atoms with van der Waals surface area (Å²) in [5.74, 6) is -1.58. The molecule has 0 aromatic carbocycles. The second-order valence-electron chi connectivity index (χ2n) is 6.14. The minimum absolute atomic E-state index is 0.103. The number of β-amino-alcohol motifs (C(OH)–C–C–N with tert-alkyl or cyclic N) is 1. The lowest BCUT2D eigenvalue weighted by Crippen LogP contribution is -2.64. The Morgan fingerprint density at radius 3 is 2.60 bits per heavy atom. The SMILES string of the molecule is CC(C)[C@H]1CC(=O)N(C[C@]2(O)OC[C@@H](O)[C@@H](O)[C@@H]2O)C1. The third kappa shape index (κ3) is 2.82. The number of hydrogen-bond donors (Lipinski definition) is 4. The van der Waals surface area contributed by atoms with Crippen molar-refractivity contribution < 1.29 is 30.0 Å². The van der Waals surface area contributed by atoms with Gasteiger partial charge in [-0.05, 0) is 11.8 Å². The largest absolute Gasteiger partial charge is 0.388 e.